The summed E-state index contributed by atoms with van der Waals surface area (Å²) in [6.45, 7) is 0.465. The Hall–Kier alpha value is -2.88. The Morgan fingerprint density at radius 2 is 2.33 bits per heavy atom. The number of anilines is 1. The summed E-state index contributed by atoms with van der Waals surface area (Å²) in [6.07, 6.45) is 1.62. The van der Waals surface area contributed by atoms with E-state index in [1.165, 1.54) is 18.2 Å². The van der Waals surface area contributed by atoms with Gasteiger partial charge in [-0.1, -0.05) is 0 Å². The van der Waals surface area contributed by atoms with Crippen molar-refractivity contribution in [3.8, 4) is 6.07 Å². The topological polar surface area (TPSA) is 108 Å². The van der Waals surface area contributed by atoms with Crippen molar-refractivity contribution in [3.63, 3.8) is 0 Å². The fourth-order valence-electron chi connectivity index (χ4n) is 1.47. The fraction of sp³-hybridized carbons (Fsp3) is 0.0909. The highest BCUT2D eigenvalue weighted by Crippen LogP contribution is 2.21. The highest BCUT2D eigenvalue weighted by atomic mass is 16.6. The van der Waals surface area contributed by atoms with E-state index >= 15 is 0 Å². The van der Waals surface area contributed by atoms with Gasteiger partial charge in [0.05, 0.1) is 28.4 Å². The van der Waals surface area contributed by atoms with Crippen molar-refractivity contribution >= 4 is 11.4 Å². The third-order valence-electron chi connectivity index (χ3n) is 2.36. The first kappa shape index (κ1) is 11.6. The monoisotopic (exact) mass is 243 g/mol. The number of hydrogen-bond donors (Lipinski definition) is 2. The van der Waals surface area contributed by atoms with Gasteiger partial charge in [-0.05, 0) is 12.1 Å². The molecular weight excluding hydrogens is 234 g/mol. The van der Waals surface area contributed by atoms with Crippen LogP contribution < -0.4 is 5.32 Å². The average molecular weight is 243 g/mol. The lowest BCUT2D eigenvalue weighted by Crippen LogP contribution is -2.02. The van der Waals surface area contributed by atoms with Crippen molar-refractivity contribution in [2.45, 2.75) is 6.54 Å². The van der Waals surface area contributed by atoms with Crippen LogP contribution in [0, 0.1) is 21.4 Å². The maximum absolute atomic E-state index is 10.6. The lowest BCUT2D eigenvalue weighted by Gasteiger charge is -2.06. The molecule has 0 unspecified atom stereocenters. The number of nitrogens with one attached hydrogen (secondary N) is 2. The van der Waals surface area contributed by atoms with Crippen molar-refractivity contribution in [1.29, 1.82) is 5.26 Å². The molecule has 0 radical (unpaired) electrons. The summed E-state index contributed by atoms with van der Waals surface area (Å²) in [4.78, 5) is 10.1. The van der Waals surface area contributed by atoms with Crippen LogP contribution in [-0.4, -0.2) is 15.1 Å². The number of aromatic nitrogens is 2. The van der Waals surface area contributed by atoms with Crippen LogP contribution in [0.25, 0.3) is 0 Å². The zero-order valence-corrected chi connectivity index (χ0v) is 9.25. The summed E-state index contributed by atoms with van der Waals surface area (Å²) < 4.78 is 0. The van der Waals surface area contributed by atoms with Crippen molar-refractivity contribution in [1.82, 2.24) is 10.2 Å². The molecule has 2 N–H and O–H groups in total. The van der Waals surface area contributed by atoms with Crippen molar-refractivity contribution in [3.05, 3.63) is 51.8 Å². The Morgan fingerprint density at radius 3 is 2.94 bits per heavy atom. The second-order valence-electron chi connectivity index (χ2n) is 3.53. The average Bonchev–Trinajstić information content (AvgIpc) is 2.89. The highest BCUT2D eigenvalue weighted by molar-refractivity contribution is 5.61. The molecule has 7 heteroatoms. The maximum Gasteiger partial charge on any atom is 0.270 e. The van der Waals surface area contributed by atoms with Gasteiger partial charge >= 0.3 is 0 Å². The minimum atomic E-state index is -0.528. The van der Waals surface area contributed by atoms with Crippen LogP contribution in [0.3, 0.4) is 0 Å². The number of rotatable bonds is 4. The molecule has 0 bridgehead atoms. The third-order valence-corrected chi connectivity index (χ3v) is 2.36. The molecule has 0 saturated carbocycles. The molecule has 0 atom stereocenters. The zero-order valence-electron chi connectivity index (χ0n) is 9.25. The van der Waals surface area contributed by atoms with Crippen LogP contribution in [0.4, 0.5) is 11.4 Å². The number of nitrogens with zero attached hydrogens (tertiary/aromatic N) is 3. The molecule has 7 nitrogen and oxygen atoms in total. The molecule has 1 aromatic heterocycles. The standard InChI is InChI=1S/C11H9N5O2/c12-6-8-5-10(16(17)18)1-2-11(8)13-7-9-3-4-14-15-9/h1-5,13H,7H2,(H,14,15). The molecule has 0 amide bonds. The molecule has 0 saturated heterocycles. The summed E-state index contributed by atoms with van der Waals surface area (Å²) in [5.74, 6) is 0. The molecule has 0 fully saturated rings. The smallest absolute Gasteiger partial charge is 0.270 e. The van der Waals surface area contributed by atoms with Gasteiger partial charge in [0.25, 0.3) is 5.69 Å². The zero-order chi connectivity index (χ0) is 13.0. The first-order chi connectivity index (χ1) is 8.70. The Labute approximate surface area is 102 Å². The lowest BCUT2D eigenvalue weighted by atomic mass is 10.1. The minimum absolute atomic E-state index is 0.0985. The Bertz CT molecular complexity index is 600. The van der Waals surface area contributed by atoms with E-state index < -0.39 is 4.92 Å². The molecule has 1 aromatic carbocycles. The van der Waals surface area contributed by atoms with Gasteiger partial charge in [-0.3, -0.25) is 15.2 Å². The summed E-state index contributed by atoms with van der Waals surface area (Å²) in [7, 11) is 0. The Balaban J connectivity index is 2.18. The summed E-state index contributed by atoms with van der Waals surface area (Å²) in [6, 6.07) is 7.85. The number of nitro benzene ring substituents is 1. The van der Waals surface area contributed by atoms with Gasteiger partial charge in [0.15, 0.2) is 0 Å². The van der Waals surface area contributed by atoms with Crippen LogP contribution in [0.5, 0.6) is 0 Å². The number of aromatic amines is 1. The molecule has 0 aliphatic carbocycles. The lowest BCUT2D eigenvalue weighted by molar-refractivity contribution is -0.384. The SMILES string of the molecule is N#Cc1cc([N+](=O)[O-])ccc1NCc1ccn[nH]1. The van der Waals surface area contributed by atoms with E-state index in [-0.39, 0.29) is 11.3 Å². The Kier molecular flexibility index (Phi) is 3.20. The molecule has 2 rings (SSSR count). The maximum atomic E-state index is 10.6. The molecule has 2 aromatic rings. The van der Waals surface area contributed by atoms with Crippen molar-refractivity contribution in [2.75, 3.05) is 5.32 Å². The van der Waals surface area contributed by atoms with E-state index in [9.17, 15) is 10.1 Å². The summed E-state index contributed by atoms with van der Waals surface area (Å²) >= 11 is 0. The van der Waals surface area contributed by atoms with Crippen molar-refractivity contribution < 1.29 is 4.92 Å². The highest BCUT2D eigenvalue weighted by Gasteiger charge is 2.10. The third kappa shape index (κ3) is 2.44. The molecule has 0 aliphatic heterocycles. The van der Waals surface area contributed by atoms with Gasteiger partial charge < -0.3 is 5.32 Å². The Morgan fingerprint density at radius 1 is 1.50 bits per heavy atom. The van der Waals surface area contributed by atoms with Crippen molar-refractivity contribution in [2.24, 2.45) is 0 Å². The quantitative estimate of drug-likeness (QED) is 0.628. The van der Waals surface area contributed by atoms with Crippen LogP contribution in [0.15, 0.2) is 30.5 Å². The molecule has 1 heterocycles. The molecule has 0 aliphatic rings. The summed E-state index contributed by atoms with van der Waals surface area (Å²) in [5, 5.41) is 29.1. The van der Waals surface area contributed by atoms with Gasteiger partial charge in [-0.2, -0.15) is 10.4 Å². The predicted molar refractivity (Wildman–Crippen MR) is 63.7 cm³/mol. The largest absolute Gasteiger partial charge is 0.378 e. The van der Waals surface area contributed by atoms with Gasteiger partial charge in [-0.25, -0.2) is 0 Å². The van der Waals surface area contributed by atoms with Gasteiger partial charge in [0.2, 0.25) is 0 Å². The minimum Gasteiger partial charge on any atom is -0.378 e. The number of hydrogen-bond acceptors (Lipinski definition) is 5. The number of nitro groups is 1. The first-order valence-corrected chi connectivity index (χ1v) is 5.11. The first-order valence-electron chi connectivity index (χ1n) is 5.11. The molecular formula is C11H9N5O2. The fourth-order valence-corrected chi connectivity index (χ4v) is 1.47. The second-order valence-corrected chi connectivity index (χ2v) is 3.53. The predicted octanol–water partition coefficient (Wildman–Crippen LogP) is 1.80. The molecule has 0 spiro atoms. The van der Waals surface area contributed by atoms with Gasteiger partial charge in [-0.15, -0.1) is 0 Å². The molecule has 90 valence electrons. The number of H-pyrrole nitrogens is 1. The van der Waals surface area contributed by atoms with Crippen LogP contribution >= 0.6 is 0 Å². The van der Waals surface area contributed by atoms with E-state index in [0.29, 0.717) is 12.2 Å². The van der Waals surface area contributed by atoms with Crippen LogP contribution in [0.1, 0.15) is 11.3 Å². The second kappa shape index (κ2) is 4.97. The summed E-state index contributed by atoms with van der Waals surface area (Å²) in [5.41, 5.74) is 1.55. The van der Waals surface area contributed by atoms with Gasteiger partial charge in [0, 0.05) is 18.3 Å². The number of non-ortho nitro benzene ring substituents is 1. The molecule has 18 heavy (non-hydrogen) atoms. The van der Waals surface area contributed by atoms with E-state index in [4.69, 9.17) is 5.26 Å². The van der Waals surface area contributed by atoms with Crippen LogP contribution in [0.2, 0.25) is 0 Å². The van der Waals surface area contributed by atoms with Gasteiger partial charge in [0.1, 0.15) is 6.07 Å². The van der Waals surface area contributed by atoms with E-state index in [0.717, 1.165) is 5.69 Å². The normalized spacial score (nSPS) is 9.72. The number of nitriles is 1. The van der Waals surface area contributed by atoms with E-state index in [2.05, 4.69) is 15.5 Å². The van der Waals surface area contributed by atoms with Crippen LogP contribution in [-0.2, 0) is 6.54 Å². The van der Waals surface area contributed by atoms with E-state index in [1.807, 2.05) is 6.07 Å². The number of benzene rings is 1. The van der Waals surface area contributed by atoms with E-state index in [1.54, 1.807) is 12.3 Å².